The Morgan fingerprint density at radius 3 is 2.25 bits per heavy atom. The van der Waals surface area contributed by atoms with Crippen molar-refractivity contribution in [2.24, 2.45) is 0 Å². The van der Waals surface area contributed by atoms with E-state index in [1.54, 1.807) is 0 Å². The molecule has 0 bridgehead atoms. The van der Waals surface area contributed by atoms with Crippen LogP contribution in [0.4, 0.5) is 0 Å². The van der Waals surface area contributed by atoms with Crippen molar-refractivity contribution in [2.75, 3.05) is 0 Å². The van der Waals surface area contributed by atoms with Gasteiger partial charge < -0.3 is 0 Å². The molecule has 0 atom stereocenters. The third-order valence-electron chi connectivity index (χ3n) is 1.74. The quantitative estimate of drug-likeness (QED) is 0.626. The monoisotopic (exact) mass is 222 g/mol. The largest absolute Gasteiger partial charge is 0.0776 e. The number of halogens is 1. The summed E-state index contributed by atoms with van der Waals surface area (Å²) in [6, 6.07) is 14.5. The first kappa shape index (κ1) is 9.27. The highest BCUT2D eigenvalue weighted by Gasteiger charge is 1.93. The molecular weight excluding hydrogens is 212 g/mol. The standard InChI is InChI=1S/C10H7Br.CH4/c11-10-7-3-5-8-4-1-2-6-9(8)10;/h1-7H;1H4. The van der Waals surface area contributed by atoms with Crippen molar-refractivity contribution >= 4 is 26.7 Å². The lowest BCUT2D eigenvalue weighted by Crippen LogP contribution is -1.71. The lowest BCUT2D eigenvalue weighted by Gasteiger charge is -1.97. The van der Waals surface area contributed by atoms with Gasteiger partial charge in [-0.2, -0.15) is 0 Å². The third-order valence-corrected chi connectivity index (χ3v) is 2.43. The molecule has 0 saturated carbocycles. The van der Waals surface area contributed by atoms with E-state index in [0.29, 0.717) is 0 Å². The molecule has 0 spiro atoms. The molecule has 0 nitrogen and oxygen atoms in total. The molecule has 0 aliphatic carbocycles. The zero-order valence-electron chi connectivity index (χ0n) is 5.92. The van der Waals surface area contributed by atoms with Gasteiger partial charge in [0.15, 0.2) is 0 Å². The Hall–Kier alpha value is -0.820. The van der Waals surface area contributed by atoms with Crippen molar-refractivity contribution in [3.63, 3.8) is 0 Å². The van der Waals surface area contributed by atoms with Gasteiger partial charge in [0.25, 0.3) is 0 Å². The van der Waals surface area contributed by atoms with Gasteiger partial charge in [-0.25, -0.2) is 0 Å². The second-order valence-electron chi connectivity index (χ2n) is 2.46. The van der Waals surface area contributed by atoms with Gasteiger partial charge >= 0.3 is 0 Å². The summed E-state index contributed by atoms with van der Waals surface area (Å²) in [5.41, 5.74) is 0. The Balaban J connectivity index is 0.000000720. The summed E-state index contributed by atoms with van der Waals surface area (Å²) in [7, 11) is 0. The minimum absolute atomic E-state index is 0. The molecule has 0 aromatic heterocycles. The van der Waals surface area contributed by atoms with Gasteiger partial charge in [-0.05, 0) is 16.8 Å². The number of hydrogen-bond acceptors (Lipinski definition) is 0. The Morgan fingerprint density at radius 2 is 1.50 bits per heavy atom. The third kappa shape index (κ3) is 1.51. The maximum Gasteiger partial charge on any atom is 0.0253 e. The molecule has 0 fully saturated rings. The Labute approximate surface area is 81.4 Å². The van der Waals surface area contributed by atoms with E-state index in [0.717, 1.165) is 4.47 Å². The van der Waals surface area contributed by atoms with Crippen LogP contribution < -0.4 is 0 Å². The number of fused-ring (bicyclic) bond motifs is 1. The van der Waals surface area contributed by atoms with Crippen molar-refractivity contribution in [1.82, 2.24) is 0 Å². The maximum atomic E-state index is 3.50. The number of hydrogen-bond donors (Lipinski definition) is 0. The van der Waals surface area contributed by atoms with Gasteiger partial charge in [-0.3, -0.25) is 0 Å². The molecule has 0 amide bonds. The SMILES string of the molecule is Brc1cccc2ccccc12.C. The Bertz CT molecular complexity index is 374. The van der Waals surface area contributed by atoms with Crippen LogP contribution in [0.3, 0.4) is 0 Å². The van der Waals surface area contributed by atoms with Gasteiger partial charge in [0.1, 0.15) is 0 Å². The van der Waals surface area contributed by atoms with Crippen molar-refractivity contribution < 1.29 is 0 Å². The average molecular weight is 223 g/mol. The van der Waals surface area contributed by atoms with Crippen LogP contribution in [0.25, 0.3) is 10.8 Å². The van der Waals surface area contributed by atoms with Gasteiger partial charge in [0.2, 0.25) is 0 Å². The van der Waals surface area contributed by atoms with Gasteiger partial charge in [0.05, 0.1) is 0 Å². The lowest BCUT2D eigenvalue weighted by atomic mass is 10.1. The molecule has 2 aromatic rings. The molecule has 0 saturated heterocycles. The topological polar surface area (TPSA) is 0 Å². The second-order valence-corrected chi connectivity index (χ2v) is 3.32. The smallest absolute Gasteiger partial charge is 0.0253 e. The van der Waals surface area contributed by atoms with Crippen LogP contribution in [0.5, 0.6) is 0 Å². The van der Waals surface area contributed by atoms with E-state index >= 15 is 0 Å². The van der Waals surface area contributed by atoms with Gasteiger partial charge in [-0.15, -0.1) is 0 Å². The first-order chi connectivity index (χ1) is 5.38. The maximum absolute atomic E-state index is 3.50. The van der Waals surface area contributed by atoms with Gasteiger partial charge in [-0.1, -0.05) is 59.8 Å². The fourth-order valence-electron chi connectivity index (χ4n) is 1.19. The van der Waals surface area contributed by atoms with Crippen LogP contribution in [-0.4, -0.2) is 0 Å². The molecule has 0 unspecified atom stereocenters. The summed E-state index contributed by atoms with van der Waals surface area (Å²) >= 11 is 3.50. The normalized spacial score (nSPS) is 9.42. The molecular formula is C11H11Br. The second kappa shape index (κ2) is 3.72. The lowest BCUT2D eigenvalue weighted by molar-refractivity contribution is 1.71. The van der Waals surface area contributed by atoms with E-state index in [1.807, 2.05) is 12.1 Å². The van der Waals surface area contributed by atoms with E-state index in [1.165, 1.54) is 10.8 Å². The first-order valence-electron chi connectivity index (χ1n) is 3.51. The molecule has 0 aliphatic heterocycles. The Kier molecular flexibility index (Phi) is 2.88. The predicted molar refractivity (Wildman–Crippen MR) is 58.4 cm³/mol. The zero-order valence-corrected chi connectivity index (χ0v) is 7.51. The van der Waals surface area contributed by atoms with Crippen molar-refractivity contribution in [2.45, 2.75) is 7.43 Å². The molecule has 0 heterocycles. The highest BCUT2D eigenvalue weighted by Crippen LogP contribution is 2.22. The predicted octanol–water partition coefficient (Wildman–Crippen LogP) is 4.24. The fourth-order valence-corrected chi connectivity index (χ4v) is 1.70. The molecule has 0 aliphatic rings. The van der Waals surface area contributed by atoms with E-state index in [2.05, 4.69) is 46.3 Å². The van der Waals surface area contributed by atoms with Crippen LogP contribution in [0.2, 0.25) is 0 Å². The summed E-state index contributed by atoms with van der Waals surface area (Å²) in [5.74, 6) is 0. The minimum atomic E-state index is 0. The van der Waals surface area contributed by atoms with E-state index in [4.69, 9.17) is 0 Å². The summed E-state index contributed by atoms with van der Waals surface area (Å²) < 4.78 is 1.16. The molecule has 62 valence electrons. The van der Waals surface area contributed by atoms with Crippen molar-refractivity contribution in [3.05, 3.63) is 46.9 Å². The highest BCUT2D eigenvalue weighted by molar-refractivity contribution is 9.10. The zero-order chi connectivity index (χ0) is 7.68. The first-order valence-corrected chi connectivity index (χ1v) is 4.30. The number of benzene rings is 2. The molecule has 0 radical (unpaired) electrons. The average Bonchev–Trinajstić information content (AvgIpc) is 2.06. The highest BCUT2D eigenvalue weighted by atomic mass is 79.9. The van der Waals surface area contributed by atoms with E-state index in [-0.39, 0.29) is 7.43 Å². The summed E-state index contributed by atoms with van der Waals surface area (Å²) in [6.07, 6.45) is 0. The molecule has 0 N–H and O–H groups in total. The van der Waals surface area contributed by atoms with Crippen LogP contribution in [-0.2, 0) is 0 Å². The molecule has 1 heteroatoms. The van der Waals surface area contributed by atoms with Crippen LogP contribution in [0, 0.1) is 0 Å². The van der Waals surface area contributed by atoms with Crippen molar-refractivity contribution in [3.8, 4) is 0 Å². The van der Waals surface area contributed by atoms with E-state index < -0.39 is 0 Å². The van der Waals surface area contributed by atoms with E-state index in [9.17, 15) is 0 Å². The van der Waals surface area contributed by atoms with Crippen LogP contribution in [0.15, 0.2) is 46.9 Å². The molecule has 2 rings (SSSR count). The number of rotatable bonds is 0. The van der Waals surface area contributed by atoms with Crippen LogP contribution >= 0.6 is 15.9 Å². The summed E-state index contributed by atoms with van der Waals surface area (Å²) in [4.78, 5) is 0. The van der Waals surface area contributed by atoms with Crippen molar-refractivity contribution in [1.29, 1.82) is 0 Å². The Morgan fingerprint density at radius 1 is 0.833 bits per heavy atom. The minimum Gasteiger partial charge on any atom is -0.0776 e. The summed E-state index contributed by atoms with van der Waals surface area (Å²) in [5, 5.41) is 2.55. The van der Waals surface area contributed by atoms with Gasteiger partial charge in [0, 0.05) is 4.47 Å². The molecule has 2 aromatic carbocycles. The fraction of sp³-hybridized carbons (Fsp3) is 0.0909. The summed E-state index contributed by atoms with van der Waals surface area (Å²) in [6.45, 7) is 0. The molecule has 12 heavy (non-hydrogen) atoms. The van der Waals surface area contributed by atoms with Crippen LogP contribution in [0.1, 0.15) is 7.43 Å².